The van der Waals surface area contributed by atoms with E-state index in [-0.39, 0.29) is 49.5 Å². The molecule has 0 spiro atoms. The Hall–Kier alpha value is -3.14. The van der Waals surface area contributed by atoms with Gasteiger partial charge in [-0.2, -0.15) is 22.8 Å². The number of halogens is 4. The number of imidazole rings is 1. The zero-order chi connectivity index (χ0) is 30.1. The van der Waals surface area contributed by atoms with Gasteiger partial charge in [0.15, 0.2) is 5.69 Å². The number of alkyl halides is 3. The fraction of sp³-hybridized carbons (Fsp3) is 0.593. The summed E-state index contributed by atoms with van der Waals surface area (Å²) < 4.78 is 86.1. The third kappa shape index (κ3) is 6.43. The van der Waals surface area contributed by atoms with Crippen LogP contribution < -0.4 is 10.1 Å². The van der Waals surface area contributed by atoms with Crippen LogP contribution in [0.3, 0.4) is 0 Å². The molecule has 13 heteroatoms. The number of aromatic nitrogens is 2. The first kappa shape index (κ1) is 31.4. The lowest BCUT2D eigenvalue weighted by atomic mass is 9.75. The van der Waals surface area contributed by atoms with Gasteiger partial charge in [-0.25, -0.2) is 13.4 Å². The maximum absolute atomic E-state index is 15.7. The van der Waals surface area contributed by atoms with E-state index in [0.717, 1.165) is 24.7 Å². The van der Waals surface area contributed by atoms with Crippen molar-refractivity contribution >= 4 is 15.7 Å². The van der Waals surface area contributed by atoms with E-state index in [0.29, 0.717) is 18.4 Å². The number of ether oxygens (including phenoxy) is 1. The van der Waals surface area contributed by atoms with Gasteiger partial charge in [0.05, 0.1) is 34.9 Å². The van der Waals surface area contributed by atoms with E-state index in [1.165, 1.54) is 25.3 Å². The third-order valence-corrected chi connectivity index (χ3v) is 9.32. The van der Waals surface area contributed by atoms with Crippen molar-refractivity contribution in [3.05, 3.63) is 41.2 Å². The molecular weight excluding hydrogens is 552 g/mol. The van der Waals surface area contributed by atoms with Crippen molar-refractivity contribution in [2.75, 3.05) is 19.9 Å². The van der Waals surface area contributed by atoms with E-state index < -0.39 is 49.6 Å². The SMILES string of the molecule is CCc1nc(C(=O)NCC2(C#N)CCC(S(C)(=O)=O)CC2)c(F)n1-c1ccc(CC(C)(C)C(F)(F)F)cc1OC. The number of nitrogens with one attached hydrogen (secondary N) is 1. The normalized spacial score (nSPS) is 20.1. The summed E-state index contributed by atoms with van der Waals surface area (Å²) in [6.07, 6.45) is -2.23. The number of rotatable bonds is 9. The number of nitriles is 1. The lowest BCUT2D eigenvalue weighted by Gasteiger charge is -2.34. The second-order valence-electron chi connectivity index (χ2n) is 11.0. The topological polar surface area (TPSA) is 114 Å². The average Bonchev–Trinajstić information content (AvgIpc) is 3.22. The van der Waals surface area contributed by atoms with E-state index in [9.17, 15) is 31.6 Å². The van der Waals surface area contributed by atoms with Gasteiger partial charge in [0.1, 0.15) is 21.4 Å². The average molecular weight is 587 g/mol. The Morgan fingerprint density at radius 2 is 1.90 bits per heavy atom. The summed E-state index contributed by atoms with van der Waals surface area (Å²) in [4.78, 5) is 17.2. The van der Waals surface area contributed by atoms with Crippen LogP contribution in [0, 0.1) is 28.1 Å². The van der Waals surface area contributed by atoms with E-state index in [2.05, 4.69) is 16.4 Å². The Bertz CT molecular complexity index is 1400. The highest BCUT2D eigenvalue weighted by atomic mass is 32.2. The van der Waals surface area contributed by atoms with E-state index >= 15 is 4.39 Å². The first-order valence-corrected chi connectivity index (χ1v) is 14.8. The smallest absolute Gasteiger partial charge is 0.394 e. The van der Waals surface area contributed by atoms with Crippen LogP contribution in [0.4, 0.5) is 17.6 Å². The van der Waals surface area contributed by atoms with Crippen molar-refractivity contribution in [2.45, 2.75) is 70.7 Å². The quantitative estimate of drug-likeness (QED) is 0.417. The number of amides is 1. The monoisotopic (exact) mass is 586 g/mol. The summed E-state index contributed by atoms with van der Waals surface area (Å²) in [5.41, 5.74) is -2.97. The molecule has 0 radical (unpaired) electrons. The minimum atomic E-state index is -4.43. The van der Waals surface area contributed by atoms with Crippen molar-refractivity contribution in [1.29, 1.82) is 5.26 Å². The van der Waals surface area contributed by atoms with Gasteiger partial charge in [0.25, 0.3) is 5.91 Å². The van der Waals surface area contributed by atoms with Gasteiger partial charge in [0, 0.05) is 19.2 Å². The molecule has 1 saturated carbocycles. The number of carbonyl (C=O) groups excluding carboxylic acids is 1. The Balaban J connectivity index is 1.86. The largest absolute Gasteiger partial charge is 0.495 e. The third-order valence-electron chi connectivity index (χ3n) is 7.64. The Labute approximate surface area is 231 Å². The minimum Gasteiger partial charge on any atom is -0.495 e. The molecule has 40 heavy (non-hydrogen) atoms. The molecule has 1 N–H and O–H groups in total. The molecule has 1 aliphatic carbocycles. The molecule has 1 aromatic carbocycles. The predicted octanol–water partition coefficient (Wildman–Crippen LogP) is 4.94. The molecule has 1 aromatic heterocycles. The highest BCUT2D eigenvalue weighted by Gasteiger charge is 2.47. The van der Waals surface area contributed by atoms with Crippen LogP contribution in [0.15, 0.2) is 18.2 Å². The molecule has 2 aromatic rings. The van der Waals surface area contributed by atoms with E-state index in [1.54, 1.807) is 6.92 Å². The second-order valence-corrected chi connectivity index (χ2v) is 13.4. The predicted molar refractivity (Wildman–Crippen MR) is 140 cm³/mol. The molecule has 220 valence electrons. The molecule has 1 fully saturated rings. The van der Waals surface area contributed by atoms with Crippen molar-refractivity contribution in [1.82, 2.24) is 14.9 Å². The number of aryl methyl sites for hydroxylation is 1. The standard InChI is InChI=1S/C27H34F4N4O4S/c1-6-21-34-22(24(36)33-16-26(15-32)11-9-18(10-12-26)40(5,37)38)23(28)35(21)19-8-7-17(13-20(19)39-4)14-25(2,3)27(29,30)31/h7-8,13,18H,6,9-12,14,16H2,1-5H3,(H,33,36). The van der Waals surface area contributed by atoms with Gasteiger partial charge in [-0.15, -0.1) is 0 Å². The summed E-state index contributed by atoms with van der Waals surface area (Å²) in [5.74, 6) is -1.52. The highest BCUT2D eigenvalue weighted by molar-refractivity contribution is 7.91. The minimum absolute atomic E-state index is 0.0976. The molecule has 0 atom stereocenters. The van der Waals surface area contributed by atoms with Crippen molar-refractivity contribution in [3.63, 3.8) is 0 Å². The van der Waals surface area contributed by atoms with Crippen LogP contribution in [0.5, 0.6) is 5.75 Å². The van der Waals surface area contributed by atoms with Crippen LogP contribution in [0.2, 0.25) is 0 Å². The fourth-order valence-corrected chi connectivity index (χ4v) is 6.02. The summed E-state index contributed by atoms with van der Waals surface area (Å²) >= 11 is 0. The fourth-order valence-electron chi connectivity index (χ4n) is 4.93. The number of sulfone groups is 1. The van der Waals surface area contributed by atoms with Crippen molar-refractivity contribution < 1.29 is 35.5 Å². The number of carbonyl (C=O) groups is 1. The lowest BCUT2D eigenvalue weighted by molar-refractivity contribution is -0.211. The summed E-state index contributed by atoms with van der Waals surface area (Å²) in [6.45, 7) is 3.80. The summed E-state index contributed by atoms with van der Waals surface area (Å²) in [7, 11) is -1.93. The van der Waals surface area contributed by atoms with Gasteiger partial charge in [-0.1, -0.05) is 26.8 Å². The van der Waals surface area contributed by atoms with Gasteiger partial charge in [0.2, 0.25) is 5.95 Å². The molecule has 1 amide bonds. The number of nitrogens with zero attached hydrogens (tertiary/aromatic N) is 3. The second kappa shape index (κ2) is 11.4. The highest BCUT2D eigenvalue weighted by Crippen LogP contribution is 2.41. The number of methoxy groups -OCH3 is 1. The molecule has 0 saturated heterocycles. The van der Waals surface area contributed by atoms with Crippen LogP contribution in [0.1, 0.15) is 68.3 Å². The van der Waals surface area contributed by atoms with Gasteiger partial charge >= 0.3 is 6.18 Å². The van der Waals surface area contributed by atoms with Crippen molar-refractivity contribution in [2.24, 2.45) is 10.8 Å². The van der Waals surface area contributed by atoms with Crippen LogP contribution in [-0.4, -0.2) is 55.2 Å². The maximum Gasteiger partial charge on any atom is 0.394 e. The van der Waals surface area contributed by atoms with Crippen molar-refractivity contribution in [3.8, 4) is 17.5 Å². The van der Waals surface area contributed by atoms with Gasteiger partial charge < -0.3 is 10.1 Å². The Kier molecular flexibility index (Phi) is 8.94. The zero-order valence-electron chi connectivity index (χ0n) is 23.2. The van der Waals surface area contributed by atoms with Crippen LogP contribution in [0.25, 0.3) is 5.69 Å². The molecule has 0 bridgehead atoms. The number of hydrogen-bond donors (Lipinski definition) is 1. The number of benzene rings is 1. The summed E-state index contributed by atoms with van der Waals surface area (Å²) in [5, 5.41) is 11.8. The molecular formula is C27H34F4N4O4S. The molecule has 3 rings (SSSR count). The number of hydrogen-bond acceptors (Lipinski definition) is 6. The Morgan fingerprint density at radius 3 is 2.40 bits per heavy atom. The molecule has 0 aliphatic heterocycles. The van der Waals surface area contributed by atoms with Gasteiger partial charge in [-0.3, -0.25) is 9.36 Å². The summed E-state index contributed by atoms with van der Waals surface area (Å²) in [6, 6.07) is 6.48. The molecule has 0 unspecified atom stereocenters. The zero-order valence-corrected chi connectivity index (χ0v) is 24.0. The van der Waals surface area contributed by atoms with Crippen LogP contribution in [-0.2, 0) is 22.7 Å². The lowest BCUT2D eigenvalue weighted by Crippen LogP contribution is -2.41. The molecule has 1 heterocycles. The molecule has 1 aliphatic rings. The Morgan fingerprint density at radius 1 is 1.27 bits per heavy atom. The molecule has 8 nitrogen and oxygen atoms in total. The van der Waals surface area contributed by atoms with Crippen LogP contribution >= 0.6 is 0 Å². The first-order valence-electron chi connectivity index (χ1n) is 12.9. The first-order chi connectivity index (χ1) is 18.5. The van der Waals surface area contributed by atoms with E-state index in [4.69, 9.17) is 4.74 Å². The van der Waals surface area contributed by atoms with E-state index in [1.807, 2.05) is 0 Å². The van der Waals surface area contributed by atoms with Gasteiger partial charge in [-0.05, 0) is 49.8 Å². The maximum atomic E-state index is 15.7.